The minimum absolute atomic E-state index is 0.136. The molecule has 1 radical (unpaired) electrons. The van der Waals surface area contributed by atoms with Crippen LogP contribution in [0, 0.1) is 17.3 Å². The highest BCUT2D eigenvalue weighted by Gasteiger charge is 2.12. The zero-order chi connectivity index (χ0) is 14.3. The van der Waals surface area contributed by atoms with E-state index in [9.17, 15) is 4.39 Å². The molecule has 0 spiro atoms. The van der Waals surface area contributed by atoms with Gasteiger partial charge in [-0.15, -0.1) is 0 Å². The Morgan fingerprint density at radius 2 is 2.32 bits per heavy atom. The largest absolute Gasteiger partial charge is 0.494 e. The van der Waals surface area contributed by atoms with Gasteiger partial charge in [0.25, 0.3) is 0 Å². The summed E-state index contributed by atoms with van der Waals surface area (Å²) < 4.78 is 19.2. The lowest BCUT2D eigenvalue weighted by Gasteiger charge is -2.13. The van der Waals surface area contributed by atoms with Gasteiger partial charge in [0.15, 0.2) is 0 Å². The van der Waals surface area contributed by atoms with Crippen molar-refractivity contribution in [2.45, 2.75) is 39.2 Å². The third-order valence-corrected chi connectivity index (χ3v) is 2.96. The van der Waals surface area contributed by atoms with Crippen LogP contribution in [0.3, 0.4) is 0 Å². The van der Waals surface area contributed by atoms with Gasteiger partial charge in [-0.2, -0.15) is 0 Å². The lowest BCUT2D eigenvalue weighted by molar-refractivity contribution is 0.309. The van der Waals surface area contributed by atoms with E-state index in [4.69, 9.17) is 10.1 Å². The van der Waals surface area contributed by atoms with E-state index in [1.54, 1.807) is 6.07 Å². The fourth-order valence-corrected chi connectivity index (χ4v) is 1.62. The molecule has 0 unspecified atom stereocenters. The van der Waals surface area contributed by atoms with Gasteiger partial charge < -0.3 is 15.5 Å². The molecular formula is C15H22FN2O. The van der Waals surface area contributed by atoms with Gasteiger partial charge in [-0.3, -0.25) is 0 Å². The monoisotopic (exact) mass is 265 g/mol. The number of hydrogen-bond donors (Lipinski definition) is 2. The molecule has 0 aliphatic carbocycles. The second kappa shape index (κ2) is 7.89. The lowest BCUT2D eigenvalue weighted by atomic mass is 10.0. The maximum atomic E-state index is 13.7. The van der Waals surface area contributed by atoms with E-state index in [0.717, 1.165) is 12.8 Å². The summed E-state index contributed by atoms with van der Waals surface area (Å²) in [7, 11) is 1.82. The Labute approximate surface area is 114 Å². The van der Waals surface area contributed by atoms with Crippen molar-refractivity contribution in [3.63, 3.8) is 0 Å². The van der Waals surface area contributed by atoms with Crippen molar-refractivity contribution >= 4 is 5.71 Å². The van der Waals surface area contributed by atoms with E-state index in [-0.39, 0.29) is 17.3 Å². The van der Waals surface area contributed by atoms with Crippen LogP contribution in [-0.4, -0.2) is 25.4 Å². The summed E-state index contributed by atoms with van der Waals surface area (Å²) in [5, 5.41) is 11.0. The smallest absolute Gasteiger partial charge is 0.140 e. The molecule has 1 atom stereocenters. The Hall–Kier alpha value is -1.42. The number of ether oxygens (including phenoxy) is 1. The van der Waals surface area contributed by atoms with Crippen LogP contribution in [0.15, 0.2) is 12.1 Å². The molecule has 0 fully saturated rings. The second-order valence-electron chi connectivity index (χ2n) is 4.64. The molecule has 3 nitrogen and oxygen atoms in total. The SMILES string of the molecule is CCCCOc1c[c]c(F)c(C(=N)C[C@@H](C)NC)c1. The summed E-state index contributed by atoms with van der Waals surface area (Å²) in [6.07, 6.45) is 2.48. The van der Waals surface area contributed by atoms with Crippen molar-refractivity contribution in [3.05, 3.63) is 29.6 Å². The van der Waals surface area contributed by atoms with Gasteiger partial charge in [0, 0.05) is 29.8 Å². The predicted molar refractivity (Wildman–Crippen MR) is 75.6 cm³/mol. The van der Waals surface area contributed by atoms with Gasteiger partial charge >= 0.3 is 0 Å². The summed E-state index contributed by atoms with van der Waals surface area (Å²) >= 11 is 0. The van der Waals surface area contributed by atoms with Gasteiger partial charge in [0.1, 0.15) is 11.6 Å². The Kier molecular flexibility index (Phi) is 6.50. The molecule has 0 saturated heterocycles. The zero-order valence-electron chi connectivity index (χ0n) is 11.8. The second-order valence-corrected chi connectivity index (χ2v) is 4.64. The summed E-state index contributed by atoms with van der Waals surface area (Å²) in [6, 6.07) is 5.73. The Morgan fingerprint density at radius 1 is 1.58 bits per heavy atom. The number of unbranched alkanes of at least 4 members (excludes halogenated alkanes) is 1. The first-order chi connectivity index (χ1) is 9.08. The van der Waals surface area contributed by atoms with E-state index in [0.29, 0.717) is 18.8 Å². The van der Waals surface area contributed by atoms with Crippen LogP contribution in [0.1, 0.15) is 38.7 Å². The quantitative estimate of drug-likeness (QED) is 0.560. The molecule has 1 rings (SSSR count). The third kappa shape index (κ3) is 4.99. The number of halogens is 1. The molecule has 19 heavy (non-hydrogen) atoms. The number of nitrogens with one attached hydrogen (secondary N) is 2. The summed E-state index contributed by atoms with van der Waals surface area (Å²) in [5.74, 6) is 0.0860. The first-order valence-electron chi connectivity index (χ1n) is 6.67. The number of rotatable bonds is 8. The van der Waals surface area contributed by atoms with Gasteiger partial charge in [-0.05, 0) is 32.5 Å². The van der Waals surface area contributed by atoms with E-state index >= 15 is 0 Å². The molecule has 1 aromatic carbocycles. The molecule has 0 bridgehead atoms. The van der Waals surface area contributed by atoms with Gasteiger partial charge in [0.2, 0.25) is 0 Å². The molecular weight excluding hydrogens is 243 g/mol. The van der Waals surface area contributed by atoms with Crippen LogP contribution in [0.25, 0.3) is 0 Å². The standard InChI is InChI=1S/C15H22FN2O/c1-4-5-8-19-12-6-7-14(16)13(10-12)15(17)9-11(2)18-3/h6,10-11,17-18H,4-5,8-9H2,1-3H3/t11-/m1/s1. The van der Waals surface area contributed by atoms with Gasteiger partial charge in [-0.1, -0.05) is 13.3 Å². The Balaban J connectivity index is 2.75. The first kappa shape index (κ1) is 15.6. The lowest BCUT2D eigenvalue weighted by Crippen LogP contribution is -2.24. The molecule has 0 aromatic heterocycles. The molecule has 2 N–H and O–H groups in total. The number of benzene rings is 1. The summed E-state index contributed by atoms with van der Waals surface area (Å²) in [6.45, 7) is 4.65. The van der Waals surface area contributed by atoms with Crippen molar-refractivity contribution in [1.29, 1.82) is 5.41 Å². The van der Waals surface area contributed by atoms with Crippen LogP contribution in [0.5, 0.6) is 5.75 Å². The Bertz CT molecular complexity index is 421. The summed E-state index contributed by atoms with van der Waals surface area (Å²) in [4.78, 5) is 0. The van der Waals surface area contributed by atoms with Gasteiger partial charge in [-0.25, -0.2) is 4.39 Å². The van der Waals surface area contributed by atoms with Crippen molar-refractivity contribution in [2.24, 2.45) is 0 Å². The van der Waals surface area contributed by atoms with Crippen molar-refractivity contribution < 1.29 is 9.13 Å². The summed E-state index contributed by atoms with van der Waals surface area (Å²) in [5.41, 5.74) is 0.535. The molecule has 1 aromatic rings. The number of hydrogen-bond acceptors (Lipinski definition) is 3. The fraction of sp³-hybridized carbons (Fsp3) is 0.533. The highest BCUT2D eigenvalue weighted by Crippen LogP contribution is 2.18. The molecule has 0 aliphatic heterocycles. The minimum Gasteiger partial charge on any atom is -0.494 e. The fourth-order valence-electron chi connectivity index (χ4n) is 1.62. The van der Waals surface area contributed by atoms with Crippen LogP contribution >= 0.6 is 0 Å². The maximum absolute atomic E-state index is 13.7. The highest BCUT2D eigenvalue weighted by atomic mass is 19.1. The van der Waals surface area contributed by atoms with E-state index in [1.807, 2.05) is 14.0 Å². The van der Waals surface area contributed by atoms with Crippen LogP contribution in [-0.2, 0) is 0 Å². The van der Waals surface area contributed by atoms with Gasteiger partial charge in [0.05, 0.1) is 6.61 Å². The van der Waals surface area contributed by atoms with Crippen molar-refractivity contribution in [3.8, 4) is 5.75 Å². The molecule has 105 valence electrons. The Morgan fingerprint density at radius 3 is 2.95 bits per heavy atom. The van der Waals surface area contributed by atoms with E-state index in [2.05, 4.69) is 18.3 Å². The average Bonchev–Trinajstić information content (AvgIpc) is 2.40. The molecule has 0 aliphatic rings. The molecule has 0 saturated carbocycles. The predicted octanol–water partition coefficient (Wildman–Crippen LogP) is 3.17. The molecule has 4 heteroatoms. The average molecular weight is 265 g/mol. The van der Waals surface area contributed by atoms with E-state index in [1.165, 1.54) is 6.07 Å². The molecule has 0 heterocycles. The van der Waals surface area contributed by atoms with Crippen LogP contribution in [0.4, 0.5) is 4.39 Å². The molecule has 0 amide bonds. The first-order valence-corrected chi connectivity index (χ1v) is 6.67. The topological polar surface area (TPSA) is 45.1 Å². The van der Waals surface area contributed by atoms with Crippen molar-refractivity contribution in [2.75, 3.05) is 13.7 Å². The van der Waals surface area contributed by atoms with Crippen LogP contribution < -0.4 is 10.1 Å². The van der Waals surface area contributed by atoms with Crippen LogP contribution in [0.2, 0.25) is 0 Å². The maximum Gasteiger partial charge on any atom is 0.140 e. The highest BCUT2D eigenvalue weighted by molar-refractivity contribution is 5.99. The minimum atomic E-state index is -0.490. The zero-order valence-corrected chi connectivity index (χ0v) is 11.8. The third-order valence-electron chi connectivity index (χ3n) is 2.96. The van der Waals surface area contributed by atoms with Crippen molar-refractivity contribution in [1.82, 2.24) is 5.32 Å². The normalized spacial score (nSPS) is 12.2. The van der Waals surface area contributed by atoms with E-state index < -0.39 is 5.82 Å².